The molecular weight excluding hydrogens is 248 g/mol. The zero-order chi connectivity index (χ0) is 11.7. The van der Waals surface area contributed by atoms with Crippen LogP contribution in [0.25, 0.3) is 0 Å². The number of carbonyl (C=O) groups is 1. The Balaban J connectivity index is 2.35. The van der Waals surface area contributed by atoms with Crippen molar-refractivity contribution < 1.29 is 4.79 Å². The average molecular weight is 255 g/mol. The fourth-order valence-electron chi connectivity index (χ4n) is 1.42. The number of hydrogen-bond donors (Lipinski definition) is 1. The summed E-state index contributed by atoms with van der Waals surface area (Å²) in [7, 11) is 0. The van der Waals surface area contributed by atoms with E-state index >= 15 is 0 Å². The smallest absolute Gasteiger partial charge is 0.347 e. The van der Waals surface area contributed by atoms with Crippen molar-refractivity contribution in [3.05, 3.63) is 15.5 Å². The molecule has 82 valence electrons. The predicted molar refractivity (Wildman–Crippen MR) is 62.4 cm³/mol. The van der Waals surface area contributed by atoms with Crippen LogP contribution in [0.4, 0.5) is 4.79 Å². The third-order valence-electron chi connectivity index (χ3n) is 2.05. The molecule has 16 heavy (non-hydrogen) atoms. The highest BCUT2D eigenvalue weighted by Gasteiger charge is 2.35. The average Bonchev–Trinajstić information content (AvgIpc) is 2.73. The molecule has 1 aliphatic rings. The van der Waals surface area contributed by atoms with Crippen LogP contribution in [0, 0.1) is 12.3 Å². The third kappa shape index (κ3) is 1.75. The fraction of sp³-hybridized carbons (Fsp3) is 0.222. The zero-order valence-corrected chi connectivity index (χ0v) is 9.63. The minimum atomic E-state index is -0.485. The van der Waals surface area contributed by atoms with E-state index in [0.717, 1.165) is 0 Å². The molecule has 0 radical (unpaired) electrons. The second kappa shape index (κ2) is 4.12. The predicted octanol–water partition coefficient (Wildman–Crippen LogP) is 1.26. The highest BCUT2D eigenvalue weighted by atomic mass is 35.5. The van der Waals surface area contributed by atoms with Gasteiger partial charge in [0.15, 0.2) is 0 Å². The van der Waals surface area contributed by atoms with Crippen molar-refractivity contribution in [1.29, 1.82) is 0 Å². The normalized spacial score (nSPS) is 19.8. The van der Waals surface area contributed by atoms with Crippen LogP contribution >= 0.6 is 22.9 Å². The lowest BCUT2D eigenvalue weighted by atomic mass is 10.2. The van der Waals surface area contributed by atoms with Crippen LogP contribution in [0.15, 0.2) is 11.2 Å². The maximum absolute atomic E-state index is 11.5. The first-order valence-corrected chi connectivity index (χ1v) is 5.52. The number of halogens is 1. The molecule has 0 saturated carbocycles. The molecule has 0 fully saturated rings. The first-order valence-electron chi connectivity index (χ1n) is 4.33. The van der Waals surface area contributed by atoms with Crippen molar-refractivity contribution in [1.82, 2.24) is 9.88 Å². The number of hydrogen-bond acceptors (Lipinski definition) is 4. The van der Waals surface area contributed by atoms with E-state index in [4.69, 9.17) is 23.8 Å². The molecule has 1 aromatic rings. The van der Waals surface area contributed by atoms with Gasteiger partial charge >= 0.3 is 6.03 Å². The van der Waals surface area contributed by atoms with Crippen LogP contribution in [0.3, 0.4) is 0 Å². The fourth-order valence-corrected chi connectivity index (χ4v) is 2.47. The quantitative estimate of drug-likeness (QED) is 0.808. The van der Waals surface area contributed by atoms with Gasteiger partial charge in [-0.15, -0.1) is 17.8 Å². The van der Waals surface area contributed by atoms with Gasteiger partial charge in [-0.05, 0) is 0 Å². The number of carbonyl (C=O) groups excluding carboxylic acids is 1. The molecule has 7 heteroatoms. The van der Waals surface area contributed by atoms with Gasteiger partial charge in [0.1, 0.15) is 21.2 Å². The SMILES string of the molecule is C#CCN1C(=O)N=C(N)C1c1ncc(Cl)s1. The zero-order valence-electron chi connectivity index (χ0n) is 8.05. The van der Waals surface area contributed by atoms with Crippen LogP contribution in [-0.2, 0) is 0 Å². The maximum atomic E-state index is 11.5. The number of aromatic nitrogens is 1. The van der Waals surface area contributed by atoms with Gasteiger partial charge in [0.2, 0.25) is 0 Å². The van der Waals surface area contributed by atoms with E-state index in [-0.39, 0.29) is 12.4 Å². The van der Waals surface area contributed by atoms with Gasteiger partial charge in [-0.3, -0.25) is 4.90 Å². The number of thiazole rings is 1. The number of terminal acetylenes is 1. The summed E-state index contributed by atoms with van der Waals surface area (Å²) in [6.45, 7) is 0.144. The van der Waals surface area contributed by atoms with Crippen molar-refractivity contribution in [3.63, 3.8) is 0 Å². The Hall–Kier alpha value is -1.58. The second-order valence-electron chi connectivity index (χ2n) is 3.06. The molecule has 1 aromatic heterocycles. The molecule has 0 aliphatic carbocycles. The summed E-state index contributed by atoms with van der Waals surface area (Å²) in [6, 6.07) is -0.923. The molecule has 2 heterocycles. The number of urea groups is 1. The lowest BCUT2D eigenvalue weighted by Gasteiger charge is -2.19. The summed E-state index contributed by atoms with van der Waals surface area (Å²) >= 11 is 7.03. The molecule has 1 aliphatic heterocycles. The molecule has 5 nitrogen and oxygen atoms in total. The molecule has 1 unspecified atom stereocenters. The number of nitrogens with two attached hydrogens (primary N) is 1. The largest absolute Gasteiger partial charge is 0.385 e. The maximum Gasteiger partial charge on any atom is 0.347 e. The first kappa shape index (κ1) is 10.9. The van der Waals surface area contributed by atoms with Gasteiger partial charge in [-0.25, -0.2) is 9.78 Å². The second-order valence-corrected chi connectivity index (χ2v) is 4.75. The highest BCUT2D eigenvalue weighted by Crippen LogP contribution is 2.31. The Kier molecular flexibility index (Phi) is 2.81. The van der Waals surface area contributed by atoms with Gasteiger partial charge in [0.25, 0.3) is 0 Å². The number of rotatable bonds is 2. The summed E-state index contributed by atoms with van der Waals surface area (Å²) in [4.78, 5) is 20.6. The Morgan fingerprint density at radius 1 is 1.75 bits per heavy atom. The highest BCUT2D eigenvalue weighted by molar-refractivity contribution is 7.16. The van der Waals surface area contributed by atoms with E-state index in [9.17, 15) is 4.79 Å². The molecule has 0 aromatic carbocycles. The molecule has 1 atom stereocenters. The van der Waals surface area contributed by atoms with Crippen LogP contribution in [0.2, 0.25) is 4.34 Å². The van der Waals surface area contributed by atoms with E-state index in [0.29, 0.717) is 9.34 Å². The monoisotopic (exact) mass is 254 g/mol. The van der Waals surface area contributed by atoms with Crippen molar-refractivity contribution >= 4 is 34.8 Å². The Labute approximate surface area is 101 Å². The van der Waals surface area contributed by atoms with E-state index in [1.54, 1.807) is 0 Å². The van der Waals surface area contributed by atoms with Gasteiger partial charge in [0.05, 0.1) is 12.7 Å². The summed E-state index contributed by atoms with van der Waals surface area (Å²) in [5, 5.41) is 0.618. The summed E-state index contributed by atoms with van der Waals surface area (Å²) in [5.74, 6) is 2.59. The molecule has 2 N–H and O–H groups in total. The Morgan fingerprint density at radius 2 is 2.50 bits per heavy atom. The van der Waals surface area contributed by atoms with Crippen LogP contribution in [0.5, 0.6) is 0 Å². The number of amides is 2. The van der Waals surface area contributed by atoms with E-state index < -0.39 is 12.1 Å². The molecular formula is C9H7ClN4OS. The lowest BCUT2D eigenvalue weighted by Crippen LogP contribution is -2.33. The van der Waals surface area contributed by atoms with Crippen molar-refractivity contribution in [3.8, 4) is 12.3 Å². The third-order valence-corrected chi connectivity index (χ3v) is 3.22. The molecule has 0 saturated heterocycles. The van der Waals surface area contributed by atoms with Crippen LogP contribution in [-0.4, -0.2) is 28.3 Å². The van der Waals surface area contributed by atoms with Crippen molar-refractivity contribution in [2.24, 2.45) is 10.7 Å². The number of nitrogens with zero attached hydrogens (tertiary/aromatic N) is 3. The Bertz CT molecular complexity index is 504. The lowest BCUT2D eigenvalue weighted by molar-refractivity contribution is 0.213. The minimum Gasteiger partial charge on any atom is -0.385 e. The number of amidine groups is 1. The van der Waals surface area contributed by atoms with E-state index in [1.807, 2.05) is 0 Å². The minimum absolute atomic E-state index is 0.144. The van der Waals surface area contributed by atoms with Crippen LogP contribution < -0.4 is 5.73 Å². The molecule has 2 rings (SSSR count). The Morgan fingerprint density at radius 3 is 3.06 bits per heavy atom. The van der Waals surface area contributed by atoms with Gasteiger partial charge in [0, 0.05) is 0 Å². The topological polar surface area (TPSA) is 71.6 Å². The van der Waals surface area contributed by atoms with E-state index in [2.05, 4.69) is 15.9 Å². The summed E-state index contributed by atoms with van der Waals surface area (Å²) in [6.07, 6.45) is 6.69. The van der Waals surface area contributed by atoms with Crippen molar-refractivity contribution in [2.75, 3.05) is 6.54 Å². The van der Waals surface area contributed by atoms with Crippen LogP contribution in [0.1, 0.15) is 11.0 Å². The summed E-state index contributed by atoms with van der Waals surface area (Å²) < 4.78 is 0.530. The van der Waals surface area contributed by atoms with Gasteiger partial charge in [-0.2, -0.15) is 4.99 Å². The summed E-state index contributed by atoms with van der Waals surface area (Å²) in [5.41, 5.74) is 5.67. The first-order chi connectivity index (χ1) is 7.63. The van der Waals surface area contributed by atoms with Gasteiger partial charge < -0.3 is 5.73 Å². The molecule has 2 amide bonds. The van der Waals surface area contributed by atoms with E-state index in [1.165, 1.54) is 22.4 Å². The standard InChI is InChI=1S/C9H7ClN4OS/c1-2-3-14-6(7(11)13-9(14)15)8-12-4-5(10)16-8/h1,4,6H,3H2,(H2,11,13,15). The number of aliphatic imine (C=N–C) groups is 1. The van der Waals surface area contributed by atoms with Gasteiger partial charge in [-0.1, -0.05) is 17.5 Å². The van der Waals surface area contributed by atoms with Crippen molar-refractivity contribution in [2.45, 2.75) is 6.04 Å². The molecule has 0 bridgehead atoms. The molecule has 0 spiro atoms.